The highest BCUT2D eigenvalue weighted by Crippen LogP contribution is 2.38. The maximum absolute atomic E-state index is 13.2. The molecule has 0 atom stereocenters. The second-order valence-corrected chi connectivity index (χ2v) is 7.67. The van der Waals surface area contributed by atoms with E-state index in [0.29, 0.717) is 11.3 Å². The molecule has 124 valence electrons. The molecule has 1 aliphatic heterocycles. The maximum Gasteiger partial charge on any atom is 0.264 e. The molecule has 0 aromatic heterocycles. The summed E-state index contributed by atoms with van der Waals surface area (Å²) < 4.78 is 27.6. The highest BCUT2D eigenvalue weighted by molar-refractivity contribution is 7.92. The first kappa shape index (κ1) is 15.6. The predicted molar refractivity (Wildman–Crippen MR) is 97.2 cm³/mol. The average molecular weight is 349 g/mol. The molecule has 1 aliphatic rings. The largest absolute Gasteiger partial charge is 0.292 e. The Balaban J connectivity index is 1.96. The van der Waals surface area contributed by atoms with Gasteiger partial charge in [0.1, 0.15) is 0 Å². The van der Waals surface area contributed by atoms with Crippen LogP contribution in [0.4, 0.5) is 5.69 Å². The average Bonchev–Trinajstić information content (AvgIpc) is 2.78. The first-order valence-corrected chi connectivity index (χ1v) is 9.32. The minimum Gasteiger partial charge on any atom is -0.292 e. The quantitative estimate of drug-likeness (QED) is 0.708. The molecule has 0 fully saturated rings. The number of nitrogens with zero attached hydrogens (tertiary/aromatic N) is 1. The molecular formula is C20H15NO3S. The Labute approximate surface area is 146 Å². The molecule has 3 aromatic rings. The van der Waals surface area contributed by atoms with E-state index in [1.54, 1.807) is 54.6 Å². The third-order valence-corrected chi connectivity index (χ3v) is 6.08. The van der Waals surface area contributed by atoms with E-state index in [1.807, 2.05) is 24.3 Å². The van der Waals surface area contributed by atoms with Crippen LogP contribution >= 0.6 is 0 Å². The highest BCUT2D eigenvalue weighted by Gasteiger charge is 2.32. The van der Waals surface area contributed by atoms with Crippen molar-refractivity contribution in [2.45, 2.75) is 4.90 Å². The fourth-order valence-corrected chi connectivity index (χ4v) is 4.58. The SMILES string of the molecule is O=C1CN(S(=O)(=O)c2ccccc2)c2ccccc2-c2ccccc21. The molecule has 0 bridgehead atoms. The van der Waals surface area contributed by atoms with Gasteiger partial charge in [-0.2, -0.15) is 0 Å². The standard InChI is InChI=1S/C20H15NO3S/c22-20-14-21(25(23,24)15-8-2-1-3-9-15)19-13-7-6-11-17(19)16-10-4-5-12-18(16)20/h1-13H,14H2. The first-order chi connectivity index (χ1) is 12.1. The molecule has 4 nitrogen and oxygen atoms in total. The van der Waals surface area contributed by atoms with E-state index >= 15 is 0 Å². The fourth-order valence-electron chi connectivity index (χ4n) is 3.11. The van der Waals surface area contributed by atoms with Crippen molar-refractivity contribution in [2.24, 2.45) is 0 Å². The van der Waals surface area contributed by atoms with Crippen LogP contribution < -0.4 is 4.31 Å². The van der Waals surface area contributed by atoms with Gasteiger partial charge < -0.3 is 0 Å². The molecule has 0 radical (unpaired) electrons. The first-order valence-electron chi connectivity index (χ1n) is 7.88. The van der Waals surface area contributed by atoms with Crippen LogP contribution in [0.25, 0.3) is 11.1 Å². The van der Waals surface area contributed by atoms with Crippen molar-refractivity contribution in [3.8, 4) is 11.1 Å². The molecule has 0 aliphatic carbocycles. The van der Waals surface area contributed by atoms with Gasteiger partial charge >= 0.3 is 0 Å². The van der Waals surface area contributed by atoms with Crippen molar-refractivity contribution < 1.29 is 13.2 Å². The summed E-state index contributed by atoms with van der Waals surface area (Å²) in [5.41, 5.74) is 2.56. The number of ketones is 1. The summed E-state index contributed by atoms with van der Waals surface area (Å²) in [4.78, 5) is 12.9. The molecule has 4 rings (SSSR count). The van der Waals surface area contributed by atoms with Crippen LogP contribution in [0.15, 0.2) is 83.8 Å². The molecule has 0 spiro atoms. The van der Waals surface area contributed by atoms with Crippen molar-refractivity contribution in [2.75, 3.05) is 10.8 Å². The Kier molecular flexibility index (Phi) is 3.66. The van der Waals surface area contributed by atoms with Crippen LogP contribution in [0.3, 0.4) is 0 Å². The zero-order valence-electron chi connectivity index (χ0n) is 13.3. The van der Waals surface area contributed by atoms with Crippen molar-refractivity contribution in [3.05, 3.63) is 84.4 Å². The summed E-state index contributed by atoms with van der Waals surface area (Å²) >= 11 is 0. The Morgan fingerprint density at radius 1 is 0.680 bits per heavy atom. The summed E-state index contributed by atoms with van der Waals surface area (Å²) in [7, 11) is -3.84. The number of fused-ring (bicyclic) bond motifs is 3. The van der Waals surface area contributed by atoms with E-state index in [1.165, 1.54) is 4.31 Å². The van der Waals surface area contributed by atoms with E-state index in [4.69, 9.17) is 0 Å². The second-order valence-electron chi connectivity index (χ2n) is 5.81. The fraction of sp³-hybridized carbons (Fsp3) is 0.0500. The number of para-hydroxylation sites is 1. The number of carbonyl (C=O) groups excluding carboxylic acids is 1. The monoisotopic (exact) mass is 349 g/mol. The molecule has 0 N–H and O–H groups in total. The summed E-state index contributed by atoms with van der Waals surface area (Å²) in [5, 5.41) is 0. The van der Waals surface area contributed by atoms with Gasteiger partial charge in [0, 0.05) is 11.1 Å². The lowest BCUT2D eigenvalue weighted by Gasteiger charge is -2.24. The van der Waals surface area contributed by atoms with E-state index < -0.39 is 10.0 Å². The van der Waals surface area contributed by atoms with E-state index in [-0.39, 0.29) is 17.2 Å². The zero-order valence-corrected chi connectivity index (χ0v) is 14.1. The van der Waals surface area contributed by atoms with Gasteiger partial charge in [-0.05, 0) is 23.8 Å². The normalized spacial score (nSPS) is 13.8. The number of carbonyl (C=O) groups is 1. The van der Waals surface area contributed by atoms with Gasteiger partial charge in [0.05, 0.1) is 17.1 Å². The molecule has 25 heavy (non-hydrogen) atoms. The zero-order chi connectivity index (χ0) is 17.4. The predicted octanol–water partition coefficient (Wildman–Crippen LogP) is 3.75. The van der Waals surface area contributed by atoms with Crippen molar-refractivity contribution in [3.63, 3.8) is 0 Å². The smallest absolute Gasteiger partial charge is 0.264 e. The Hall–Kier alpha value is -2.92. The molecule has 0 unspecified atom stereocenters. The Bertz CT molecular complexity index is 1060. The molecule has 1 heterocycles. The minimum absolute atomic E-state index is 0.170. The highest BCUT2D eigenvalue weighted by atomic mass is 32.2. The van der Waals surface area contributed by atoms with Crippen LogP contribution in [0, 0.1) is 0 Å². The number of anilines is 1. The summed E-state index contributed by atoms with van der Waals surface area (Å²) in [5.74, 6) is -0.216. The van der Waals surface area contributed by atoms with Gasteiger partial charge in [0.15, 0.2) is 5.78 Å². The molecule has 3 aromatic carbocycles. The lowest BCUT2D eigenvalue weighted by molar-refractivity contribution is 0.100. The lowest BCUT2D eigenvalue weighted by Crippen LogP contribution is -2.35. The summed E-state index contributed by atoms with van der Waals surface area (Å²) in [6, 6.07) is 22.6. The van der Waals surface area contributed by atoms with Crippen LogP contribution in [0.1, 0.15) is 10.4 Å². The van der Waals surface area contributed by atoms with Crippen LogP contribution in [0.5, 0.6) is 0 Å². The van der Waals surface area contributed by atoms with Crippen LogP contribution in [-0.2, 0) is 10.0 Å². The van der Waals surface area contributed by atoms with E-state index in [2.05, 4.69) is 0 Å². The summed E-state index contributed by atoms with van der Waals surface area (Å²) in [6.45, 7) is -0.217. The van der Waals surface area contributed by atoms with E-state index in [9.17, 15) is 13.2 Å². The molecule has 0 saturated heterocycles. The van der Waals surface area contributed by atoms with Gasteiger partial charge in [0.2, 0.25) is 0 Å². The Morgan fingerprint density at radius 3 is 1.96 bits per heavy atom. The third kappa shape index (κ3) is 2.53. The van der Waals surface area contributed by atoms with Crippen molar-refractivity contribution in [1.29, 1.82) is 0 Å². The van der Waals surface area contributed by atoms with Gasteiger partial charge in [-0.25, -0.2) is 8.42 Å². The van der Waals surface area contributed by atoms with Gasteiger partial charge in [-0.3, -0.25) is 9.10 Å². The number of Topliss-reactive ketones (excluding diaryl/α,β-unsaturated/α-hetero) is 1. The number of sulfonamides is 1. The van der Waals surface area contributed by atoms with Crippen molar-refractivity contribution in [1.82, 2.24) is 0 Å². The number of rotatable bonds is 2. The third-order valence-electron chi connectivity index (χ3n) is 4.31. The van der Waals surface area contributed by atoms with Crippen LogP contribution in [-0.4, -0.2) is 20.7 Å². The maximum atomic E-state index is 13.2. The van der Waals surface area contributed by atoms with Crippen LogP contribution in [0.2, 0.25) is 0 Å². The number of hydrogen-bond donors (Lipinski definition) is 0. The minimum atomic E-state index is -3.84. The molecule has 0 saturated carbocycles. The Morgan fingerprint density at radius 2 is 1.24 bits per heavy atom. The van der Waals surface area contributed by atoms with Gasteiger partial charge in [-0.1, -0.05) is 60.7 Å². The summed E-state index contributed by atoms with van der Waals surface area (Å²) in [6.07, 6.45) is 0. The van der Waals surface area contributed by atoms with Gasteiger partial charge in [-0.15, -0.1) is 0 Å². The second kappa shape index (κ2) is 5.86. The molecule has 5 heteroatoms. The molecular weight excluding hydrogens is 334 g/mol. The number of hydrogen-bond acceptors (Lipinski definition) is 3. The van der Waals surface area contributed by atoms with Gasteiger partial charge in [0.25, 0.3) is 10.0 Å². The van der Waals surface area contributed by atoms with Crippen molar-refractivity contribution >= 4 is 21.5 Å². The molecule has 0 amide bonds. The number of benzene rings is 3. The topological polar surface area (TPSA) is 54.5 Å². The van der Waals surface area contributed by atoms with E-state index in [0.717, 1.165) is 11.1 Å². The lowest BCUT2D eigenvalue weighted by atomic mass is 9.97.